The zero-order valence-electron chi connectivity index (χ0n) is 62.8. The molecule has 0 atom stereocenters. The van der Waals surface area contributed by atoms with E-state index in [9.17, 15) is 0 Å². The lowest BCUT2D eigenvalue weighted by atomic mass is 9.78. The van der Waals surface area contributed by atoms with Crippen LogP contribution in [0.2, 0.25) is 0 Å². The molecule has 4 fully saturated rings. The van der Waals surface area contributed by atoms with Gasteiger partial charge in [-0.05, 0) is 298 Å². The van der Waals surface area contributed by atoms with Crippen LogP contribution in [0.25, 0.3) is 44.5 Å². The van der Waals surface area contributed by atoms with Crippen molar-refractivity contribution in [1.29, 1.82) is 0 Å². The summed E-state index contributed by atoms with van der Waals surface area (Å²) in [7, 11) is 0. The van der Waals surface area contributed by atoms with Gasteiger partial charge in [-0.1, -0.05) is 310 Å². The van der Waals surface area contributed by atoms with Crippen molar-refractivity contribution in [2.24, 2.45) is 23.7 Å². The molecule has 8 aromatic carbocycles. The van der Waals surface area contributed by atoms with E-state index in [-0.39, 0.29) is 0 Å². The summed E-state index contributed by atoms with van der Waals surface area (Å²) in [6, 6.07) is 73.8. The number of rotatable bonds is 23. The molecule has 0 amide bonds. The van der Waals surface area contributed by atoms with Crippen molar-refractivity contribution in [3.05, 3.63) is 287 Å². The van der Waals surface area contributed by atoms with Crippen molar-refractivity contribution < 1.29 is 0 Å². The van der Waals surface area contributed by atoms with Crippen LogP contribution in [-0.2, 0) is 25.7 Å². The molecule has 522 valence electrons. The fraction of sp³-hybridized carbons (Fsp3) is 0.434. The molecular formula is C99H126. The second kappa shape index (κ2) is 42.1. The molecule has 4 aliphatic rings. The summed E-state index contributed by atoms with van der Waals surface area (Å²) in [5, 5.41) is 0. The van der Waals surface area contributed by atoms with Crippen LogP contribution in [0, 0.1) is 23.7 Å². The maximum atomic E-state index is 2.45. The molecular weight excluding hydrogens is 1190 g/mol. The van der Waals surface area contributed by atoms with E-state index < -0.39 is 0 Å². The zero-order chi connectivity index (χ0) is 69.2. The Labute approximate surface area is 604 Å². The van der Waals surface area contributed by atoms with Crippen molar-refractivity contribution in [3.63, 3.8) is 0 Å². The lowest BCUT2D eigenvalue weighted by Gasteiger charge is -2.27. The summed E-state index contributed by atoms with van der Waals surface area (Å²) < 4.78 is 0. The minimum atomic E-state index is 0.756. The van der Waals surface area contributed by atoms with Crippen LogP contribution in [0.5, 0.6) is 0 Å². The quantitative estimate of drug-likeness (QED) is 0.0560. The van der Waals surface area contributed by atoms with E-state index in [2.05, 4.69) is 298 Å². The lowest BCUT2D eigenvalue weighted by molar-refractivity contribution is 0.375. The third-order valence-electron chi connectivity index (χ3n) is 22.4. The van der Waals surface area contributed by atoms with E-state index in [0.717, 1.165) is 47.3 Å². The molecule has 0 bridgehead atoms. The molecule has 0 aliphatic heterocycles. The van der Waals surface area contributed by atoms with Crippen LogP contribution in [-0.4, -0.2) is 0 Å². The molecule has 99 heavy (non-hydrogen) atoms. The van der Waals surface area contributed by atoms with Crippen LogP contribution < -0.4 is 0 Å². The minimum Gasteiger partial charge on any atom is -0.0914 e. The second-order valence-electron chi connectivity index (χ2n) is 29.8. The fourth-order valence-electron chi connectivity index (χ4n) is 16.3. The normalized spacial score (nSPS) is 21.0. The van der Waals surface area contributed by atoms with Crippen molar-refractivity contribution in [3.8, 4) is 44.5 Å². The van der Waals surface area contributed by atoms with Gasteiger partial charge in [0.1, 0.15) is 0 Å². The smallest absolute Gasteiger partial charge is 0.0162 e. The van der Waals surface area contributed by atoms with E-state index in [4.69, 9.17) is 0 Å². The van der Waals surface area contributed by atoms with Crippen molar-refractivity contribution >= 4 is 0 Å². The number of aryl methyl sites for hydroxylation is 4. The first kappa shape index (κ1) is 75.9. The fourth-order valence-corrected chi connectivity index (χ4v) is 16.3. The third-order valence-corrected chi connectivity index (χ3v) is 22.4. The number of unbranched alkanes of at least 4 members (excludes halogenated alkanes) is 1. The topological polar surface area (TPSA) is 0 Å². The highest BCUT2D eigenvalue weighted by atomic mass is 14.3. The SMILES string of the molecule is C/C=C/C1CCC(c2ccc(-c3ccc(CCC)cc3)cc2)CC1.C/C=C/C1CCC(c2ccc(-c3ccc(CCCC)cc3)cc2)CC1.CC/C=C/C1CCC(c2ccc(-c3ccc(CCC)cc3)cc2)CC1.CC/C=C/C1CCC(c2ccc(-c3ccc(CCC)cc3)cc2)CC1. The van der Waals surface area contributed by atoms with Crippen LogP contribution >= 0.6 is 0 Å². The molecule has 0 nitrogen and oxygen atoms in total. The summed E-state index contributed by atoms with van der Waals surface area (Å²) in [5.41, 5.74) is 22.6. The first-order chi connectivity index (χ1) is 48.7. The summed E-state index contributed by atoms with van der Waals surface area (Å²) in [5.74, 6) is 6.28. The summed E-state index contributed by atoms with van der Waals surface area (Å²) in [6.07, 6.45) is 53.5. The van der Waals surface area contributed by atoms with Gasteiger partial charge >= 0.3 is 0 Å². The van der Waals surface area contributed by atoms with Gasteiger partial charge in [-0.15, -0.1) is 0 Å². The highest BCUT2D eigenvalue weighted by Crippen LogP contribution is 2.41. The molecule has 0 saturated heterocycles. The van der Waals surface area contributed by atoms with E-state index in [1.165, 1.54) is 262 Å². The molecule has 0 heteroatoms. The molecule has 12 rings (SSSR count). The largest absolute Gasteiger partial charge is 0.0914 e. The summed E-state index contributed by atoms with van der Waals surface area (Å²) in [4.78, 5) is 0. The van der Waals surface area contributed by atoms with E-state index >= 15 is 0 Å². The van der Waals surface area contributed by atoms with Gasteiger partial charge in [-0.25, -0.2) is 0 Å². The van der Waals surface area contributed by atoms with Crippen molar-refractivity contribution in [2.75, 3.05) is 0 Å². The number of allylic oxidation sites excluding steroid dienone is 8. The standard InChI is InChI=1S/3C25H32.C24H30/c3*1-3-5-7-21-10-14-23(15-11-21)25-18-16-24(17-19-25)22-12-8-20(6-4-2)9-13-22;1-3-5-19-7-11-21(12-8-19)23-15-17-24(18-16-23)22-13-9-20(6-4-2)10-14-22/h2*5,7-9,12-13,16-19,21,23H,3-4,6,10-11,14-15H2,1-2H3;4,6,10-11,14-20,22H,3,5,7-9,12-13H2,1-2H3;3,5,9-10,13-19,21H,4,6-8,11-12H2,1-2H3/b2*7-5+;6-4+;5-3+. The minimum absolute atomic E-state index is 0.756. The zero-order valence-corrected chi connectivity index (χ0v) is 62.8. The molecule has 0 heterocycles. The van der Waals surface area contributed by atoms with Crippen LogP contribution in [0.4, 0.5) is 0 Å². The Morgan fingerprint density at radius 3 is 0.626 bits per heavy atom. The first-order valence-electron chi connectivity index (χ1n) is 40.1. The average molecular weight is 1320 g/mol. The van der Waals surface area contributed by atoms with E-state index in [0.29, 0.717) is 0 Å². The molecule has 4 saturated carbocycles. The van der Waals surface area contributed by atoms with Crippen molar-refractivity contribution in [2.45, 2.75) is 252 Å². The Balaban J connectivity index is 0.000000154. The van der Waals surface area contributed by atoms with Gasteiger partial charge in [0.05, 0.1) is 0 Å². The Bertz CT molecular complexity index is 3450. The molecule has 8 aromatic rings. The molecule has 0 radical (unpaired) electrons. The Morgan fingerprint density at radius 2 is 0.434 bits per heavy atom. The monoisotopic (exact) mass is 1310 g/mol. The van der Waals surface area contributed by atoms with Crippen LogP contribution in [0.15, 0.2) is 243 Å². The third kappa shape index (κ3) is 24.2. The van der Waals surface area contributed by atoms with Gasteiger partial charge in [0.25, 0.3) is 0 Å². The number of hydrogen-bond acceptors (Lipinski definition) is 0. The summed E-state index contributed by atoms with van der Waals surface area (Å²) in [6.45, 7) is 17.7. The Morgan fingerprint density at radius 1 is 0.232 bits per heavy atom. The molecule has 0 spiro atoms. The van der Waals surface area contributed by atoms with Gasteiger partial charge < -0.3 is 0 Å². The Hall–Kier alpha value is -7.28. The summed E-state index contributed by atoms with van der Waals surface area (Å²) >= 11 is 0. The Kier molecular flexibility index (Phi) is 32.3. The maximum Gasteiger partial charge on any atom is -0.0162 e. The molecule has 0 N–H and O–H groups in total. The van der Waals surface area contributed by atoms with Gasteiger partial charge in [-0.2, -0.15) is 0 Å². The number of hydrogen-bond donors (Lipinski definition) is 0. The molecule has 4 aliphatic carbocycles. The number of benzene rings is 8. The highest BCUT2D eigenvalue weighted by Gasteiger charge is 2.25. The lowest BCUT2D eigenvalue weighted by Crippen LogP contribution is -2.11. The van der Waals surface area contributed by atoms with E-state index in [1.807, 2.05) is 0 Å². The van der Waals surface area contributed by atoms with Crippen molar-refractivity contribution in [1.82, 2.24) is 0 Å². The predicted octanol–water partition coefficient (Wildman–Crippen LogP) is 29.8. The molecule has 0 aromatic heterocycles. The van der Waals surface area contributed by atoms with E-state index in [1.54, 1.807) is 0 Å². The van der Waals surface area contributed by atoms with Crippen LogP contribution in [0.3, 0.4) is 0 Å². The highest BCUT2D eigenvalue weighted by molar-refractivity contribution is 5.67. The predicted molar refractivity (Wildman–Crippen MR) is 435 cm³/mol. The first-order valence-corrected chi connectivity index (χ1v) is 40.1. The van der Waals surface area contributed by atoms with Gasteiger partial charge in [0.2, 0.25) is 0 Å². The second-order valence-corrected chi connectivity index (χ2v) is 29.8. The molecule has 0 unspecified atom stereocenters. The van der Waals surface area contributed by atoms with Gasteiger partial charge in [-0.3, -0.25) is 0 Å². The van der Waals surface area contributed by atoms with Crippen LogP contribution in [0.1, 0.15) is 271 Å². The van der Waals surface area contributed by atoms with Gasteiger partial charge in [0, 0.05) is 0 Å². The van der Waals surface area contributed by atoms with Gasteiger partial charge in [0.15, 0.2) is 0 Å². The maximum absolute atomic E-state index is 2.45. The average Bonchev–Trinajstić information content (AvgIpc) is 2.19.